The highest BCUT2D eigenvalue weighted by molar-refractivity contribution is 5.69. The molecule has 1 saturated carbocycles. The molecule has 7 heteroatoms. The SMILES string of the molecule is CCOC(=O)CCCCCCC1C(OC(C)=O)CC(OC(C)=O)C1C=CC=O. The Morgan fingerprint density at radius 3 is 2.21 bits per heavy atom. The highest BCUT2D eigenvalue weighted by Crippen LogP contribution is 2.40. The zero-order chi connectivity index (χ0) is 20.9. The maximum Gasteiger partial charge on any atom is 0.305 e. The first-order chi connectivity index (χ1) is 13.4. The van der Waals surface area contributed by atoms with Crippen molar-refractivity contribution in [3.63, 3.8) is 0 Å². The number of carbonyl (C=O) groups is 4. The second-order valence-corrected chi connectivity index (χ2v) is 7.05. The van der Waals surface area contributed by atoms with Gasteiger partial charge in [-0.2, -0.15) is 0 Å². The van der Waals surface area contributed by atoms with E-state index < -0.39 is 12.1 Å². The standard InChI is InChI=1S/C21H32O7/c1-4-26-21(25)12-8-6-5-7-10-17-18(11-9-13-22)20(28-16(3)24)14-19(17)27-15(2)23/h9,11,13,17-20H,4-8,10,12,14H2,1-3H3. The molecule has 0 saturated heterocycles. The van der Waals surface area contributed by atoms with Crippen LogP contribution in [0.5, 0.6) is 0 Å². The number of unbranched alkanes of at least 4 members (excludes halogenated alkanes) is 3. The average Bonchev–Trinajstić information content (AvgIpc) is 2.91. The Labute approximate surface area is 166 Å². The van der Waals surface area contributed by atoms with Crippen LogP contribution in [0, 0.1) is 11.8 Å². The third kappa shape index (κ3) is 8.67. The van der Waals surface area contributed by atoms with Gasteiger partial charge in [0.15, 0.2) is 0 Å². The molecule has 1 fully saturated rings. The third-order valence-corrected chi connectivity index (χ3v) is 4.89. The lowest BCUT2D eigenvalue weighted by Crippen LogP contribution is -2.25. The molecule has 0 spiro atoms. The topological polar surface area (TPSA) is 96.0 Å². The minimum atomic E-state index is -0.410. The molecule has 0 aromatic rings. The summed E-state index contributed by atoms with van der Waals surface area (Å²) >= 11 is 0. The van der Waals surface area contributed by atoms with Crippen LogP contribution >= 0.6 is 0 Å². The number of aldehydes is 1. The molecule has 0 aromatic carbocycles. The molecule has 158 valence electrons. The number of hydrogen-bond donors (Lipinski definition) is 0. The molecule has 1 aliphatic rings. The molecular weight excluding hydrogens is 364 g/mol. The van der Waals surface area contributed by atoms with E-state index in [4.69, 9.17) is 14.2 Å². The van der Waals surface area contributed by atoms with Gasteiger partial charge < -0.3 is 14.2 Å². The van der Waals surface area contributed by atoms with E-state index in [1.54, 1.807) is 13.0 Å². The van der Waals surface area contributed by atoms with E-state index in [1.807, 2.05) is 0 Å². The monoisotopic (exact) mass is 396 g/mol. The Hall–Kier alpha value is -2.18. The van der Waals surface area contributed by atoms with E-state index in [1.165, 1.54) is 19.9 Å². The molecule has 1 aliphatic carbocycles. The van der Waals surface area contributed by atoms with Crippen molar-refractivity contribution in [2.75, 3.05) is 6.61 Å². The van der Waals surface area contributed by atoms with E-state index in [-0.39, 0.29) is 29.9 Å². The van der Waals surface area contributed by atoms with Crippen LogP contribution in [0.2, 0.25) is 0 Å². The van der Waals surface area contributed by atoms with E-state index in [9.17, 15) is 19.2 Å². The van der Waals surface area contributed by atoms with E-state index >= 15 is 0 Å². The van der Waals surface area contributed by atoms with Crippen LogP contribution in [0.15, 0.2) is 12.2 Å². The first-order valence-corrected chi connectivity index (χ1v) is 10.0. The van der Waals surface area contributed by atoms with Gasteiger partial charge in [0.25, 0.3) is 0 Å². The van der Waals surface area contributed by atoms with E-state index in [0.717, 1.165) is 32.1 Å². The fourth-order valence-corrected chi connectivity index (χ4v) is 3.83. The lowest BCUT2D eigenvalue weighted by Gasteiger charge is -2.23. The summed E-state index contributed by atoms with van der Waals surface area (Å²) in [6, 6.07) is 0. The summed E-state index contributed by atoms with van der Waals surface area (Å²) in [5.41, 5.74) is 0. The Morgan fingerprint density at radius 1 is 0.964 bits per heavy atom. The number of ether oxygens (including phenoxy) is 3. The lowest BCUT2D eigenvalue weighted by molar-refractivity contribution is -0.149. The highest BCUT2D eigenvalue weighted by atomic mass is 16.6. The number of rotatable bonds is 12. The number of esters is 3. The summed E-state index contributed by atoms with van der Waals surface area (Å²) in [7, 11) is 0. The molecule has 1 rings (SSSR count). The minimum absolute atomic E-state index is 0.0190. The number of hydrogen-bond acceptors (Lipinski definition) is 7. The second kappa shape index (κ2) is 13.1. The van der Waals surface area contributed by atoms with Gasteiger partial charge in [-0.1, -0.05) is 25.3 Å². The maximum absolute atomic E-state index is 11.5. The summed E-state index contributed by atoms with van der Waals surface area (Å²) in [6.07, 6.45) is 8.24. The molecule has 4 atom stereocenters. The van der Waals surface area contributed by atoms with E-state index in [0.29, 0.717) is 25.7 Å². The predicted molar refractivity (Wildman–Crippen MR) is 102 cm³/mol. The van der Waals surface area contributed by atoms with Crippen LogP contribution in [-0.4, -0.2) is 43.0 Å². The third-order valence-electron chi connectivity index (χ3n) is 4.89. The Morgan fingerprint density at radius 2 is 1.61 bits per heavy atom. The van der Waals surface area contributed by atoms with Gasteiger partial charge in [0.1, 0.15) is 18.5 Å². The van der Waals surface area contributed by atoms with E-state index in [2.05, 4.69) is 0 Å². The highest BCUT2D eigenvalue weighted by Gasteiger charge is 2.45. The first kappa shape index (κ1) is 23.9. The summed E-state index contributed by atoms with van der Waals surface area (Å²) in [5, 5.41) is 0. The van der Waals surface area contributed by atoms with Crippen LogP contribution in [0.25, 0.3) is 0 Å². The quantitative estimate of drug-likeness (QED) is 0.164. The summed E-state index contributed by atoms with van der Waals surface area (Å²) in [6.45, 7) is 4.90. The molecular formula is C21H32O7. The Bertz CT molecular complexity index is 555. The van der Waals surface area contributed by atoms with Gasteiger partial charge in [-0.15, -0.1) is 0 Å². The van der Waals surface area contributed by atoms with Gasteiger partial charge in [0, 0.05) is 38.5 Å². The first-order valence-electron chi connectivity index (χ1n) is 10.0. The molecule has 7 nitrogen and oxygen atoms in total. The largest absolute Gasteiger partial charge is 0.466 e. The van der Waals surface area contributed by atoms with Crippen LogP contribution < -0.4 is 0 Å². The van der Waals surface area contributed by atoms with Gasteiger partial charge in [0.05, 0.1) is 6.61 Å². The summed E-state index contributed by atoms with van der Waals surface area (Å²) in [4.78, 5) is 45.0. The van der Waals surface area contributed by atoms with Crippen molar-refractivity contribution in [2.24, 2.45) is 11.8 Å². The zero-order valence-corrected chi connectivity index (χ0v) is 17.1. The summed E-state index contributed by atoms with van der Waals surface area (Å²) < 4.78 is 15.8. The summed E-state index contributed by atoms with van der Waals surface area (Å²) in [5.74, 6) is -1.12. The Balaban J connectivity index is 2.63. The molecule has 28 heavy (non-hydrogen) atoms. The van der Waals surface area contributed by atoms with Crippen molar-refractivity contribution in [3.8, 4) is 0 Å². The lowest BCUT2D eigenvalue weighted by atomic mass is 9.88. The normalized spacial score (nSPS) is 24.1. The van der Waals surface area contributed by atoms with Crippen molar-refractivity contribution < 1.29 is 33.4 Å². The maximum atomic E-state index is 11.5. The van der Waals surface area contributed by atoms with Gasteiger partial charge in [0.2, 0.25) is 0 Å². The average molecular weight is 396 g/mol. The van der Waals surface area contributed by atoms with Crippen molar-refractivity contribution in [3.05, 3.63) is 12.2 Å². The Kier molecular flexibility index (Phi) is 11.1. The van der Waals surface area contributed by atoms with Gasteiger partial charge in [-0.3, -0.25) is 19.2 Å². The van der Waals surface area contributed by atoms with Crippen LogP contribution in [0.3, 0.4) is 0 Å². The smallest absolute Gasteiger partial charge is 0.305 e. The second-order valence-electron chi connectivity index (χ2n) is 7.05. The van der Waals surface area contributed by atoms with Crippen LogP contribution in [0.1, 0.15) is 65.7 Å². The molecule has 0 aliphatic heterocycles. The fraction of sp³-hybridized carbons (Fsp3) is 0.714. The fourth-order valence-electron chi connectivity index (χ4n) is 3.83. The minimum Gasteiger partial charge on any atom is -0.466 e. The molecule has 0 N–H and O–H groups in total. The van der Waals surface area contributed by atoms with Gasteiger partial charge in [-0.25, -0.2) is 0 Å². The zero-order valence-electron chi connectivity index (χ0n) is 17.1. The van der Waals surface area contributed by atoms with Crippen molar-refractivity contribution in [1.29, 1.82) is 0 Å². The van der Waals surface area contributed by atoms with Gasteiger partial charge in [-0.05, 0) is 25.8 Å². The van der Waals surface area contributed by atoms with Crippen molar-refractivity contribution >= 4 is 24.2 Å². The molecule has 4 unspecified atom stereocenters. The van der Waals surface area contributed by atoms with Crippen molar-refractivity contribution in [2.45, 2.75) is 77.9 Å². The molecule has 0 aromatic heterocycles. The molecule has 0 heterocycles. The predicted octanol–water partition coefficient (Wildman–Crippen LogP) is 3.14. The number of allylic oxidation sites excluding steroid dienone is 1. The molecule has 0 amide bonds. The molecule has 0 radical (unpaired) electrons. The van der Waals surface area contributed by atoms with Crippen LogP contribution in [0.4, 0.5) is 0 Å². The van der Waals surface area contributed by atoms with Gasteiger partial charge >= 0.3 is 17.9 Å². The number of carbonyl (C=O) groups excluding carboxylic acids is 4. The van der Waals surface area contributed by atoms with Crippen LogP contribution in [-0.2, 0) is 33.4 Å². The molecule has 0 bridgehead atoms. The van der Waals surface area contributed by atoms with Crippen molar-refractivity contribution in [1.82, 2.24) is 0 Å².